The highest BCUT2D eigenvalue weighted by atomic mass is 32.2. The van der Waals surface area contributed by atoms with E-state index in [0.717, 1.165) is 0 Å². The van der Waals surface area contributed by atoms with Crippen LogP contribution in [0.4, 0.5) is 0 Å². The van der Waals surface area contributed by atoms with E-state index in [9.17, 15) is 9.35 Å². The van der Waals surface area contributed by atoms with Gasteiger partial charge in [0.15, 0.2) is 4.90 Å². The standard InChI is InChI=1S/C11H13N3O3S/c1-3-18(16)10-6-8(11(15)17-2)4-5-9(10)7-13-14-12/h4-6H,3,7H2,1-2H3. The van der Waals surface area contributed by atoms with Crippen molar-refractivity contribution >= 4 is 17.1 Å². The topological polar surface area (TPSA) is 98.1 Å². The largest absolute Gasteiger partial charge is 0.611 e. The van der Waals surface area contributed by atoms with Gasteiger partial charge in [0.25, 0.3) is 0 Å². The molecule has 0 saturated carbocycles. The van der Waals surface area contributed by atoms with Crippen LogP contribution in [0.2, 0.25) is 0 Å². The van der Waals surface area contributed by atoms with E-state index in [1.165, 1.54) is 13.2 Å². The maximum Gasteiger partial charge on any atom is 0.338 e. The summed E-state index contributed by atoms with van der Waals surface area (Å²) in [4.78, 5) is 14.6. The number of rotatable bonds is 5. The second-order valence-electron chi connectivity index (χ2n) is 3.34. The van der Waals surface area contributed by atoms with Gasteiger partial charge in [-0.15, -0.1) is 0 Å². The highest BCUT2D eigenvalue weighted by Gasteiger charge is 2.17. The van der Waals surface area contributed by atoms with Crippen LogP contribution in [-0.2, 0) is 22.5 Å². The fourth-order valence-corrected chi connectivity index (χ4v) is 2.40. The molecule has 7 heteroatoms. The van der Waals surface area contributed by atoms with E-state index in [1.54, 1.807) is 19.1 Å². The predicted molar refractivity (Wildman–Crippen MR) is 67.6 cm³/mol. The Morgan fingerprint density at radius 3 is 2.89 bits per heavy atom. The summed E-state index contributed by atoms with van der Waals surface area (Å²) in [6.07, 6.45) is 0. The van der Waals surface area contributed by atoms with Crippen molar-refractivity contribution < 1.29 is 14.1 Å². The van der Waals surface area contributed by atoms with Crippen molar-refractivity contribution in [2.45, 2.75) is 18.4 Å². The Bertz CT molecular complexity index is 486. The van der Waals surface area contributed by atoms with Crippen LogP contribution < -0.4 is 0 Å². The first-order valence-electron chi connectivity index (χ1n) is 5.24. The molecule has 0 saturated heterocycles. The molecule has 18 heavy (non-hydrogen) atoms. The number of hydrogen-bond acceptors (Lipinski definition) is 4. The number of benzene rings is 1. The zero-order chi connectivity index (χ0) is 13.5. The second kappa shape index (κ2) is 6.90. The average molecular weight is 267 g/mol. The molecular formula is C11H13N3O3S. The first-order chi connectivity index (χ1) is 8.63. The molecular weight excluding hydrogens is 254 g/mol. The van der Waals surface area contributed by atoms with Crippen LogP contribution in [0.3, 0.4) is 0 Å². The van der Waals surface area contributed by atoms with E-state index in [1.807, 2.05) is 0 Å². The number of ether oxygens (including phenoxy) is 1. The molecule has 0 radical (unpaired) electrons. The van der Waals surface area contributed by atoms with E-state index in [4.69, 9.17) is 5.53 Å². The minimum absolute atomic E-state index is 0.110. The number of carbonyl (C=O) groups excluding carboxylic acids is 1. The summed E-state index contributed by atoms with van der Waals surface area (Å²) in [5.74, 6) is -0.0619. The summed E-state index contributed by atoms with van der Waals surface area (Å²) in [5.41, 5.74) is 9.29. The number of esters is 1. The van der Waals surface area contributed by atoms with Crippen LogP contribution >= 0.6 is 0 Å². The number of methoxy groups -OCH3 is 1. The molecule has 1 atom stereocenters. The van der Waals surface area contributed by atoms with E-state index >= 15 is 0 Å². The maximum absolute atomic E-state index is 11.9. The normalized spacial score (nSPS) is 11.5. The van der Waals surface area contributed by atoms with Crippen LogP contribution in [-0.4, -0.2) is 23.4 Å². The first kappa shape index (κ1) is 14.4. The fourth-order valence-electron chi connectivity index (χ4n) is 1.41. The van der Waals surface area contributed by atoms with Gasteiger partial charge in [0.2, 0.25) is 0 Å². The van der Waals surface area contributed by atoms with Crippen LogP contribution in [0.15, 0.2) is 28.2 Å². The molecule has 6 nitrogen and oxygen atoms in total. The van der Waals surface area contributed by atoms with Crippen molar-refractivity contribution in [2.75, 3.05) is 12.9 Å². The summed E-state index contributed by atoms with van der Waals surface area (Å²) in [6, 6.07) is 4.71. The van der Waals surface area contributed by atoms with Crippen LogP contribution in [0.5, 0.6) is 0 Å². The summed E-state index contributed by atoms with van der Waals surface area (Å²) < 4.78 is 16.5. The van der Waals surface area contributed by atoms with Gasteiger partial charge in [0.1, 0.15) is 5.75 Å². The molecule has 0 bridgehead atoms. The van der Waals surface area contributed by atoms with E-state index < -0.39 is 17.1 Å². The van der Waals surface area contributed by atoms with Crippen LogP contribution in [0, 0.1) is 0 Å². The molecule has 0 aliphatic heterocycles. The highest BCUT2D eigenvalue weighted by Crippen LogP contribution is 2.21. The fraction of sp³-hybridized carbons (Fsp3) is 0.364. The van der Waals surface area contributed by atoms with Gasteiger partial charge in [-0.1, -0.05) is 11.2 Å². The van der Waals surface area contributed by atoms with E-state index in [0.29, 0.717) is 21.8 Å². The minimum Gasteiger partial charge on any atom is -0.611 e. The summed E-state index contributed by atoms with van der Waals surface area (Å²) >= 11 is -1.23. The number of azide groups is 1. The zero-order valence-electron chi connectivity index (χ0n) is 10.1. The maximum atomic E-state index is 11.9. The Balaban J connectivity index is 3.19. The quantitative estimate of drug-likeness (QED) is 0.269. The third-order valence-electron chi connectivity index (χ3n) is 2.30. The molecule has 0 N–H and O–H groups in total. The summed E-state index contributed by atoms with van der Waals surface area (Å²) in [5, 5.41) is 3.44. The third-order valence-corrected chi connectivity index (χ3v) is 3.70. The van der Waals surface area contributed by atoms with Crippen LogP contribution in [0.25, 0.3) is 10.4 Å². The average Bonchev–Trinajstić information content (AvgIpc) is 2.43. The van der Waals surface area contributed by atoms with Crippen molar-refractivity contribution in [3.8, 4) is 0 Å². The molecule has 1 aromatic rings. The molecule has 0 aromatic heterocycles. The molecule has 0 fully saturated rings. The zero-order valence-corrected chi connectivity index (χ0v) is 10.9. The predicted octanol–water partition coefficient (Wildman–Crippen LogP) is 2.41. The monoisotopic (exact) mass is 267 g/mol. The van der Waals surface area contributed by atoms with Gasteiger partial charge in [-0.25, -0.2) is 4.79 Å². The lowest BCUT2D eigenvalue weighted by Crippen LogP contribution is -2.10. The Morgan fingerprint density at radius 2 is 2.33 bits per heavy atom. The van der Waals surface area contributed by atoms with Crippen molar-refractivity contribution in [3.05, 3.63) is 39.8 Å². The van der Waals surface area contributed by atoms with Crippen molar-refractivity contribution in [3.63, 3.8) is 0 Å². The van der Waals surface area contributed by atoms with Gasteiger partial charge >= 0.3 is 5.97 Å². The lowest BCUT2D eigenvalue weighted by Gasteiger charge is -2.12. The molecule has 1 rings (SSSR count). The number of hydrogen-bond donors (Lipinski definition) is 0. The molecule has 0 heterocycles. The molecule has 0 aliphatic carbocycles. The number of nitrogens with zero attached hydrogens (tertiary/aromatic N) is 3. The van der Waals surface area contributed by atoms with Crippen molar-refractivity contribution in [1.29, 1.82) is 0 Å². The second-order valence-corrected chi connectivity index (χ2v) is 5.05. The summed E-state index contributed by atoms with van der Waals surface area (Å²) in [6.45, 7) is 1.89. The molecule has 0 amide bonds. The first-order valence-corrected chi connectivity index (χ1v) is 6.56. The van der Waals surface area contributed by atoms with E-state index in [-0.39, 0.29) is 6.54 Å². The third kappa shape index (κ3) is 3.40. The van der Waals surface area contributed by atoms with E-state index in [2.05, 4.69) is 14.8 Å². The van der Waals surface area contributed by atoms with Crippen LogP contribution in [0.1, 0.15) is 22.8 Å². The Labute approximate surface area is 108 Å². The lowest BCUT2D eigenvalue weighted by atomic mass is 10.1. The smallest absolute Gasteiger partial charge is 0.338 e. The summed E-state index contributed by atoms with van der Waals surface area (Å²) in [7, 11) is 1.28. The highest BCUT2D eigenvalue weighted by molar-refractivity contribution is 7.91. The van der Waals surface area contributed by atoms with Gasteiger partial charge < -0.3 is 9.29 Å². The van der Waals surface area contributed by atoms with Gasteiger partial charge in [0.05, 0.1) is 19.2 Å². The Morgan fingerprint density at radius 1 is 1.61 bits per heavy atom. The van der Waals surface area contributed by atoms with Crippen molar-refractivity contribution in [2.24, 2.45) is 5.11 Å². The molecule has 0 aliphatic rings. The number of carbonyl (C=O) groups is 1. The van der Waals surface area contributed by atoms with Crippen molar-refractivity contribution in [1.82, 2.24) is 0 Å². The molecule has 96 valence electrons. The van der Waals surface area contributed by atoms with Gasteiger partial charge in [-0.2, -0.15) is 0 Å². The SMILES string of the molecule is CC[S+]([O-])c1cc(C(=O)OC)ccc1CN=[N+]=[N-]. The lowest BCUT2D eigenvalue weighted by molar-refractivity contribution is 0.0600. The molecule has 1 aromatic carbocycles. The Kier molecular flexibility index (Phi) is 5.51. The molecule has 1 unspecified atom stereocenters. The minimum atomic E-state index is -1.23. The van der Waals surface area contributed by atoms with Gasteiger partial charge in [-0.05, 0) is 29.7 Å². The Hall–Kier alpha value is -1.69. The van der Waals surface area contributed by atoms with Gasteiger partial charge in [-0.3, -0.25) is 0 Å². The molecule has 0 spiro atoms. The van der Waals surface area contributed by atoms with Gasteiger partial charge in [0, 0.05) is 16.5 Å².